The molecular weight excluding hydrogens is 433 g/mol. The molecule has 172 valence electrons. The number of thioether (sulfide) groups is 1. The maximum Gasteiger partial charge on any atom is 0.324 e. The van der Waals surface area contributed by atoms with Gasteiger partial charge in [0.25, 0.3) is 5.89 Å². The Labute approximate surface area is 190 Å². The second-order valence-electron chi connectivity index (χ2n) is 8.92. The third-order valence-corrected chi connectivity index (χ3v) is 6.13. The molecule has 0 amide bonds. The molecule has 3 aromatic rings. The molecule has 0 radical (unpaired) electrons. The van der Waals surface area contributed by atoms with Gasteiger partial charge in [-0.2, -0.15) is 9.97 Å². The van der Waals surface area contributed by atoms with E-state index in [1.165, 1.54) is 17.8 Å². The minimum Gasteiger partial charge on any atom is -0.365 e. The van der Waals surface area contributed by atoms with Gasteiger partial charge in [-0.1, -0.05) is 31.1 Å². The van der Waals surface area contributed by atoms with E-state index in [0.29, 0.717) is 23.3 Å². The Morgan fingerprint density at radius 2 is 1.91 bits per heavy atom. The first kappa shape index (κ1) is 22.7. The summed E-state index contributed by atoms with van der Waals surface area (Å²) < 4.78 is 31.3. The number of hydrogen-bond donors (Lipinski definition) is 0. The zero-order chi connectivity index (χ0) is 22.9. The normalized spacial score (nSPS) is 16.5. The number of piperidine rings is 1. The van der Waals surface area contributed by atoms with Crippen molar-refractivity contribution in [2.24, 2.45) is 0 Å². The van der Waals surface area contributed by atoms with Gasteiger partial charge in [0.1, 0.15) is 11.9 Å². The van der Waals surface area contributed by atoms with Crippen LogP contribution in [0.4, 0.5) is 10.4 Å². The van der Waals surface area contributed by atoms with Crippen LogP contribution in [0.5, 0.6) is 0 Å². The average Bonchev–Trinajstić information content (AvgIpc) is 3.44. The van der Waals surface area contributed by atoms with Crippen LogP contribution in [0.2, 0.25) is 0 Å². The largest absolute Gasteiger partial charge is 0.365 e. The summed E-state index contributed by atoms with van der Waals surface area (Å²) in [6, 6.07) is 5.52. The molecule has 0 bridgehead atoms. The molecule has 0 aliphatic carbocycles. The summed E-state index contributed by atoms with van der Waals surface area (Å²) in [6.07, 6.45) is 3.17. The van der Waals surface area contributed by atoms with Crippen molar-refractivity contribution in [2.75, 3.05) is 24.2 Å². The van der Waals surface area contributed by atoms with Gasteiger partial charge < -0.3 is 18.7 Å². The Morgan fingerprint density at radius 1 is 1.16 bits per heavy atom. The van der Waals surface area contributed by atoms with Crippen molar-refractivity contribution in [1.82, 2.24) is 20.3 Å². The number of ether oxygens (including phenoxy) is 1. The van der Waals surface area contributed by atoms with Gasteiger partial charge >= 0.3 is 6.01 Å². The minimum atomic E-state index is -0.391. The number of aromatic nitrogens is 4. The van der Waals surface area contributed by atoms with Crippen LogP contribution in [0, 0.1) is 5.82 Å². The topological polar surface area (TPSA) is 90.3 Å². The van der Waals surface area contributed by atoms with Crippen LogP contribution in [0.15, 0.2) is 32.1 Å². The molecule has 0 N–H and O–H groups in total. The van der Waals surface area contributed by atoms with E-state index in [4.69, 9.17) is 13.8 Å². The van der Waals surface area contributed by atoms with Crippen LogP contribution in [0.3, 0.4) is 0 Å². The highest BCUT2D eigenvalue weighted by Crippen LogP contribution is 2.29. The number of anilines is 1. The smallest absolute Gasteiger partial charge is 0.324 e. The van der Waals surface area contributed by atoms with E-state index >= 15 is 0 Å². The second-order valence-corrected chi connectivity index (χ2v) is 9.80. The van der Waals surface area contributed by atoms with E-state index in [2.05, 4.69) is 46.0 Å². The molecule has 1 aliphatic rings. The van der Waals surface area contributed by atoms with Crippen molar-refractivity contribution < 1.29 is 18.2 Å². The number of rotatable bonds is 6. The summed E-state index contributed by atoms with van der Waals surface area (Å²) in [4.78, 5) is 11.8. The maximum absolute atomic E-state index is 14.4. The van der Waals surface area contributed by atoms with Crippen LogP contribution < -0.4 is 4.90 Å². The number of halogens is 1. The fraction of sp³-hybridized carbons (Fsp3) is 0.545. The van der Waals surface area contributed by atoms with Crippen molar-refractivity contribution in [2.45, 2.75) is 63.1 Å². The predicted molar refractivity (Wildman–Crippen MR) is 119 cm³/mol. The lowest BCUT2D eigenvalue weighted by atomic mass is 9.96. The van der Waals surface area contributed by atoms with Crippen molar-refractivity contribution in [1.29, 1.82) is 0 Å². The van der Waals surface area contributed by atoms with Crippen molar-refractivity contribution in [3.05, 3.63) is 35.7 Å². The molecule has 1 fully saturated rings. The Morgan fingerprint density at radius 3 is 2.53 bits per heavy atom. The Hall–Kier alpha value is -2.46. The molecule has 1 aliphatic heterocycles. The third kappa shape index (κ3) is 4.96. The molecular formula is C22H28FN5O3S. The van der Waals surface area contributed by atoms with Crippen LogP contribution in [0.1, 0.15) is 58.4 Å². The molecule has 10 heteroatoms. The quantitative estimate of drug-likeness (QED) is 0.469. The highest BCUT2D eigenvalue weighted by Gasteiger charge is 2.28. The Balaban J connectivity index is 1.34. The fourth-order valence-electron chi connectivity index (χ4n) is 3.49. The molecule has 1 aromatic carbocycles. The van der Waals surface area contributed by atoms with E-state index in [1.807, 2.05) is 19.2 Å². The van der Waals surface area contributed by atoms with Crippen LogP contribution >= 0.6 is 11.8 Å². The van der Waals surface area contributed by atoms with Gasteiger partial charge in [0.05, 0.1) is 11.7 Å². The van der Waals surface area contributed by atoms with Gasteiger partial charge in [-0.3, -0.25) is 0 Å². The first-order chi connectivity index (χ1) is 15.2. The summed E-state index contributed by atoms with van der Waals surface area (Å²) in [7, 11) is 0. The maximum atomic E-state index is 14.4. The molecule has 2 aromatic heterocycles. The van der Waals surface area contributed by atoms with Gasteiger partial charge in [-0.15, -0.1) is 11.8 Å². The average molecular weight is 462 g/mol. The van der Waals surface area contributed by atoms with Crippen LogP contribution in [0.25, 0.3) is 11.4 Å². The fourth-order valence-corrected chi connectivity index (χ4v) is 3.92. The highest BCUT2D eigenvalue weighted by atomic mass is 32.2. The summed E-state index contributed by atoms with van der Waals surface area (Å²) in [5.41, 5.74) is 0.161. The SMILES string of the molecule is CSc1ccc(-c2noc([C@@H](C)OC3CCN(c4nc(C(C)(C)C)no4)CC3)n2)c(F)c1. The van der Waals surface area contributed by atoms with E-state index in [1.54, 1.807) is 6.07 Å². The van der Waals surface area contributed by atoms with Crippen LogP contribution in [-0.2, 0) is 10.2 Å². The van der Waals surface area contributed by atoms with Gasteiger partial charge in [0, 0.05) is 23.4 Å². The summed E-state index contributed by atoms with van der Waals surface area (Å²) in [5.74, 6) is 0.885. The Kier molecular flexibility index (Phi) is 6.52. The predicted octanol–water partition coefficient (Wildman–Crippen LogP) is 5.02. The monoisotopic (exact) mass is 461 g/mol. The van der Waals surface area contributed by atoms with Gasteiger partial charge in [0.15, 0.2) is 5.82 Å². The molecule has 32 heavy (non-hydrogen) atoms. The van der Waals surface area contributed by atoms with Crippen molar-refractivity contribution in [3.63, 3.8) is 0 Å². The van der Waals surface area contributed by atoms with Gasteiger partial charge in [0.2, 0.25) is 5.82 Å². The lowest BCUT2D eigenvalue weighted by molar-refractivity contribution is -0.0303. The van der Waals surface area contributed by atoms with E-state index in [9.17, 15) is 4.39 Å². The molecule has 1 saturated heterocycles. The minimum absolute atomic E-state index is 0.0409. The molecule has 4 rings (SSSR count). The third-order valence-electron chi connectivity index (χ3n) is 5.40. The summed E-state index contributed by atoms with van der Waals surface area (Å²) in [6.45, 7) is 9.54. The van der Waals surface area contributed by atoms with Crippen molar-refractivity contribution >= 4 is 17.8 Å². The lowest BCUT2D eigenvalue weighted by Crippen LogP contribution is -2.37. The van der Waals surface area contributed by atoms with E-state index < -0.39 is 6.10 Å². The van der Waals surface area contributed by atoms with Gasteiger partial charge in [-0.05, 0) is 44.2 Å². The lowest BCUT2D eigenvalue weighted by Gasteiger charge is -2.31. The molecule has 0 unspecified atom stereocenters. The number of nitrogens with zero attached hydrogens (tertiary/aromatic N) is 5. The second kappa shape index (κ2) is 9.19. The summed E-state index contributed by atoms with van der Waals surface area (Å²) in [5, 5.41) is 8.04. The van der Waals surface area contributed by atoms with Crippen LogP contribution in [-0.4, -0.2) is 45.7 Å². The molecule has 0 spiro atoms. The standard InChI is InChI=1S/C22H28FN5O3S/c1-13(19-24-18(26-30-19)16-7-6-15(32-5)12-17(16)23)29-14-8-10-28(11-9-14)21-25-20(27-31-21)22(2,3)4/h6-7,12-14H,8-11H2,1-5H3/t13-/m1/s1. The van der Waals surface area contributed by atoms with Gasteiger partial charge in [-0.25, -0.2) is 4.39 Å². The highest BCUT2D eigenvalue weighted by molar-refractivity contribution is 7.98. The zero-order valence-corrected chi connectivity index (χ0v) is 19.8. The zero-order valence-electron chi connectivity index (χ0n) is 19.0. The van der Waals surface area contributed by atoms with E-state index in [0.717, 1.165) is 30.8 Å². The summed E-state index contributed by atoms with van der Waals surface area (Å²) >= 11 is 1.48. The number of hydrogen-bond acceptors (Lipinski definition) is 9. The molecule has 8 nitrogen and oxygen atoms in total. The first-order valence-electron chi connectivity index (χ1n) is 10.7. The molecule has 3 heterocycles. The molecule has 1 atom stereocenters. The molecule has 0 saturated carbocycles. The first-order valence-corrected chi connectivity index (χ1v) is 11.9. The van der Waals surface area contributed by atoms with E-state index in [-0.39, 0.29) is 23.2 Å². The Bertz CT molecular complexity index is 1060. The van der Waals surface area contributed by atoms with Crippen molar-refractivity contribution in [3.8, 4) is 11.4 Å². The number of benzene rings is 1.